The second kappa shape index (κ2) is 15.7. The van der Waals surface area contributed by atoms with Gasteiger partial charge in [-0.3, -0.25) is 9.59 Å². The van der Waals surface area contributed by atoms with Crippen LogP contribution in [0.5, 0.6) is 5.75 Å². The van der Waals surface area contributed by atoms with Gasteiger partial charge in [0.1, 0.15) is 12.4 Å². The van der Waals surface area contributed by atoms with Gasteiger partial charge in [-0.25, -0.2) is 4.79 Å². The fourth-order valence-electron chi connectivity index (χ4n) is 4.33. The predicted molar refractivity (Wildman–Crippen MR) is 142 cm³/mol. The van der Waals surface area contributed by atoms with Gasteiger partial charge in [0.2, 0.25) is 5.91 Å². The molecule has 1 aliphatic carbocycles. The van der Waals surface area contributed by atoms with Crippen molar-refractivity contribution in [3.05, 3.63) is 65.7 Å². The van der Waals surface area contributed by atoms with E-state index < -0.39 is 24.0 Å². The number of halogens is 1. The predicted octanol–water partition coefficient (Wildman–Crippen LogP) is 3.65. The molecule has 0 heterocycles. The van der Waals surface area contributed by atoms with Gasteiger partial charge in [-0.1, -0.05) is 48.9 Å². The molecule has 3 atom stereocenters. The quantitative estimate of drug-likeness (QED) is 0.289. The maximum absolute atomic E-state index is 13.1. The number of carboxylic acids is 1. The summed E-state index contributed by atoms with van der Waals surface area (Å²) in [6, 6.07) is 16.1. The molecule has 0 spiro atoms. The molecule has 0 aromatic heterocycles. The van der Waals surface area contributed by atoms with Crippen LogP contribution in [0.15, 0.2) is 54.6 Å². The van der Waals surface area contributed by atoms with Crippen LogP contribution in [0.2, 0.25) is 0 Å². The van der Waals surface area contributed by atoms with Crippen molar-refractivity contribution >= 4 is 30.4 Å². The Morgan fingerprint density at radius 2 is 1.81 bits per heavy atom. The molecule has 0 saturated heterocycles. The summed E-state index contributed by atoms with van der Waals surface area (Å²) in [5.74, 6) is -0.947. The van der Waals surface area contributed by atoms with Crippen molar-refractivity contribution in [2.75, 3.05) is 13.7 Å². The SMILES string of the molecule is COc1cccc(CN[C@@H](CCCNC(=O)OCc2ccccc2)C(=O)N[C@H]2CCC[C@H]2C(=O)O)c1.Cl. The van der Waals surface area contributed by atoms with Gasteiger partial charge in [0, 0.05) is 19.1 Å². The third-order valence-electron chi connectivity index (χ3n) is 6.32. The lowest BCUT2D eigenvalue weighted by atomic mass is 10.0. The highest BCUT2D eigenvalue weighted by molar-refractivity contribution is 5.85. The maximum atomic E-state index is 13.1. The Kier molecular flexibility index (Phi) is 12.7. The smallest absolute Gasteiger partial charge is 0.407 e. The van der Waals surface area contributed by atoms with Gasteiger partial charge in [0.05, 0.1) is 19.1 Å². The van der Waals surface area contributed by atoms with Crippen LogP contribution in [0.4, 0.5) is 4.79 Å². The highest BCUT2D eigenvalue weighted by Crippen LogP contribution is 2.26. The van der Waals surface area contributed by atoms with E-state index in [1.54, 1.807) is 7.11 Å². The number of methoxy groups -OCH3 is 1. The molecule has 37 heavy (non-hydrogen) atoms. The van der Waals surface area contributed by atoms with Crippen molar-refractivity contribution in [2.45, 2.75) is 57.3 Å². The Morgan fingerprint density at radius 3 is 2.54 bits per heavy atom. The van der Waals surface area contributed by atoms with E-state index in [1.807, 2.05) is 54.6 Å². The largest absolute Gasteiger partial charge is 0.497 e. The fraction of sp³-hybridized carbons (Fsp3) is 0.444. The lowest BCUT2D eigenvalue weighted by Crippen LogP contribution is -2.49. The number of hydrogen-bond acceptors (Lipinski definition) is 6. The lowest BCUT2D eigenvalue weighted by Gasteiger charge is -2.23. The van der Waals surface area contributed by atoms with Crippen molar-refractivity contribution in [1.29, 1.82) is 0 Å². The molecule has 1 fully saturated rings. The van der Waals surface area contributed by atoms with E-state index in [9.17, 15) is 19.5 Å². The van der Waals surface area contributed by atoms with Gasteiger partial charge < -0.3 is 30.5 Å². The molecule has 9 nitrogen and oxygen atoms in total. The molecular weight excluding hydrogens is 498 g/mol. The number of amides is 2. The van der Waals surface area contributed by atoms with Crippen molar-refractivity contribution in [2.24, 2.45) is 5.92 Å². The van der Waals surface area contributed by atoms with Gasteiger partial charge in [-0.15, -0.1) is 12.4 Å². The van der Waals surface area contributed by atoms with Crippen LogP contribution in [0.1, 0.15) is 43.2 Å². The van der Waals surface area contributed by atoms with E-state index in [-0.39, 0.29) is 31.0 Å². The summed E-state index contributed by atoms with van der Waals surface area (Å²) in [6.07, 6.45) is 2.48. The van der Waals surface area contributed by atoms with Crippen LogP contribution in [0, 0.1) is 5.92 Å². The third-order valence-corrected chi connectivity index (χ3v) is 6.32. The lowest BCUT2D eigenvalue weighted by molar-refractivity contribution is -0.142. The molecule has 0 aliphatic heterocycles. The number of alkyl carbamates (subject to hydrolysis) is 1. The van der Waals surface area contributed by atoms with E-state index in [1.165, 1.54) is 0 Å². The maximum Gasteiger partial charge on any atom is 0.407 e. The zero-order chi connectivity index (χ0) is 25.8. The van der Waals surface area contributed by atoms with E-state index >= 15 is 0 Å². The van der Waals surface area contributed by atoms with E-state index in [0.29, 0.717) is 38.8 Å². The zero-order valence-electron chi connectivity index (χ0n) is 21.0. The molecule has 2 aromatic carbocycles. The number of ether oxygens (including phenoxy) is 2. The summed E-state index contributed by atoms with van der Waals surface area (Å²) in [6.45, 7) is 0.972. The number of hydrogen-bond donors (Lipinski definition) is 4. The summed E-state index contributed by atoms with van der Waals surface area (Å²) < 4.78 is 10.5. The number of benzene rings is 2. The summed E-state index contributed by atoms with van der Waals surface area (Å²) in [5.41, 5.74) is 1.86. The minimum Gasteiger partial charge on any atom is -0.497 e. The summed E-state index contributed by atoms with van der Waals surface area (Å²) >= 11 is 0. The number of carboxylic acid groups (broad SMARTS) is 1. The van der Waals surface area contributed by atoms with Gasteiger partial charge in [-0.2, -0.15) is 0 Å². The minimum absolute atomic E-state index is 0. The highest BCUT2D eigenvalue weighted by Gasteiger charge is 2.35. The van der Waals surface area contributed by atoms with Crippen LogP contribution in [0.3, 0.4) is 0 Å². The van der Waals surface area contributed by atoms with E-state index in [4.69, 9.17) is 9.47 Å². The van der Waals surface area contributed by atoms with Gasteiger partial charge in [0.25, 0.3) is 0 Å². The second-order valence-electron chi connectivity index (χ2n) is 8.91. The fourth-order valence-corrected chi connectivity index (χ4v) is 4.33. The van der Waals surface area contributed by atoms with Crippen molar-refractivity contribution in [3.8, 4) is 5.75 Å². The normalized spacial score (nSPS) is 17.2. The molecule has 202 valence electrons. The molecule has 3 rings (SSSR count). The van der Waals surface area contributed by atoms with Crippen LogP contribution in [-0.2, 0) is 27.5 Å². The van der Waals surface area contributed by atoms with Crippen LogP contribution in [-0.4, -0.2) is 48.8 Å². The van der Waals surface area contributed by atoms with E-state index in [2.05, 4.69) is 16.0 Å². The molecule has 0 bridgehead atoms. The molecule has 1 aliphatic rings. The Balaban J connectivity index is 0.00000481. The summed E-state index contributed by atoms with van der Waals surface area (Å²) in [7, 11) is 1.60. The number of rotatable bonds is 13. The molecule has 0 radical (unpaired) electrons. The average Bonchev–Trinajstić information content (AvgIpc) is 3.36. The Bertz CT molecular complexity index is 1010. The van der Waals surface area contributed by atoms with Gasteiger partial charge in [-0.05, 0) is 48.9 Å². The summed E-state index contributed by atoms with van der Waals surface area (Å²) in [4.78, 5) is 36.6. The monoisotopic (exact) mass is 533 g/mol. The first kappa shape index (κ1) is 29.9. The first-order valence-electron chi connectivity index (χ1n) is 12.3. The van der Waals surface area contributed by atoms with Gasteiger partial charge in [0.15, 0.2) is 0 Å². The zero-order valence-corrected chi connectivity index (χ0v) is 21.8. The molecule has 0 unspecified atom stereocenters. The first-order valence-corrected chi connectivity index (χ1v) is 12.3. The number of nitrogens with one attached hydrogen (secondary N) is 3. The third kappa shape index (κ3) is 9.93. The molecule has 2 aromatic rings. The van der Waals surface area contributed by atoms with Crippen molar-refractivity contribution < 1.29 is 29.0 Å². The van der Waals surface area contributed by atoms with E-state index in [0.717, 1.165) is 23.3 Å². The minimum atomic E-state index is -0.878. The number of carbonyl (C=O) groups is 3. The van der Waals surface area contributed by atoms with Crippen LogP contribution >= 0.6 is 12.4 Å². The van der Waals surface area contributed by atoms with Gasteiger partial charge >= 0.3 is 12.1 Å². The standard InChI is InChI=1S/C27H35N3O6.ClH/c1-35-21-11-5-10-20(16-21)17-29-24(25(31)30-23-13-6-12-22(23)26(32)33)14-7-15-28-27(34)36-18-19-8-3-2-4-9-19;/h2-5,8-11,16,22-24,29H,6-7,12-15,17-18H2,1H3,(H,28,34)(H,30,31)(H,32,33);1H/t22-,23+,24+;/m1./s1. The first-order chi connectivity index (χ1) is 17.5. The average molecular weight is 534 g/mol. The molecule has 1 saturated carbocycles. The van der Waals surface area contributed by atoms with Crippen LogP contribution < -0.4 is 20.7 Å². The second-order valence-corrected chi connectivity index (χ2v) is 8.91. The highest BCUT2D eigenvalue weighted by atomic mass is 35.5. The molecule has 10 heteroatoms. The van der Waals surface area contributed by atoms with Crippen molar-refractivity contribution in [1.82, 2.24) is 16.0 Å². The Hall–Kier alpha value is -3.30. The Labute approximate surface area is 223 Å². The molecule has 4 N–H and O–H groups in total. The van der Waals surface area contributed by atoms with Crippen LogP contribution in [0.25, 0.3) is 0 Å². The summed E-state index contributed by atoms with van der Waals surface area (Å²) in [5, 5.41) is 18.4. The number of aliphatic carboxylic acids is 1. The number of carbonyl (C=O) groups excluding carboxylic acids is 2. The van der Waals surface area contributed by atoms with Crippen molar-refractivity contribution in [3.63, 3.8) is 0 Å². The Morgan fingerprint density at radius 1 is 1.05 bits per heavy atom. The topological polar surface area (TPSA) is 126 Å². The molecule has 2 amide bonds. The molecular formula is C27H36ClN3O6.